The molecule has 5 heteroatoms. The van der Waals surface area contributed by atoms with Crippen LogP contribution in [0.4, 0.5) is 0 Å². The number of nitrogens with one attached hydrogen (secondary N) is 1. The molecule has 1 amide bonds. The number of rotatable bonds is 5. The summed E-state index contributed by atoms with van der Waals surface area (Å²) in [6.45, 7) is 3.99. The predicted molar refractivity (Wildman–Crippen MR) is 71.2 cm³/mol. The Labute approximate surface area is 112 Å². The van der Waals surface area contributed by atoms with E-state index in [4.69, 9.17) is 11.6 Å². The lowest BCUT2D eigenvalue weighted by atomic mass is 10.0. The second kappa shape index (κ2) is 6.50. The Morgan fingerprint density at radius 1 is 1.28 bits per heavy atom. The van der Waals surface area contributed by atoms with Gasteiger partial charge in [-0.3, -0.25) is 4.79 Å². The Morgan fingerprint density at radius 2 is 1.83 bits per heavy atom. The fourth-order valence-corrected chi connectivity index (χ4v) is 1.90. The zero-order valence-corrected chi connectivity index (χ0v) is 11.2. The van der Waals surface area contributed by atoms with E-state index >= 15 is 0 Å². The lowest BCUT2D eigenvalue weighted by molar-refractivity contribution is 0.0924. The number of halogens is 1. The van der Waals surface area contributed by atoms with Gasteiger partial charge in [-0.25, -0.2) is 0 Å². The summed E-state index contributed by atoms with van der Waals surface area (Å²) < 4.78 is 0. The second-order valence-corrected chi connectivity index (χ2v) is 4.92. The predicted octanol–water partition coefficient (Wildman–Crippen LogP) is 2.48. The molecule has 0 aliphatic carbocycles. The highest BCUT2D eigenvalue weighted by molar-refractivity contribution is 6.17. The summed E-state index contributed by atoms with van der Waals surface area (Å²) in [6, 6.07) is 3.77. The van der Waals surface area contributed by atoms with Crippen molar-refractivity contribution in [2.45, 2.75) is 26.3 Å². The number of carbonyl (C=O) groups excluding carboxylic acids is 1. The molecular weight excluding hydrogens is 254 g/mol. The topological polar surface area (TPSA) is 69.6 Å². The van der Waals surface area contributed by atoms with Gasteiger partial charge in [0, 0.05) is 23.6 Å². The molecule has 0 bridgehead atoms. The summed E-state index contributed by atoms with van der Waals surface area (Å²) in [5.74, 6) is 0.120. The number of alkyl halides is 1. The molecule has 1 aromatic carbocycles. The highest BCUT2D eigenvalue weighted by atomic mass is 35.5. The lowest BCUT2D eigenvalue weighted by Crippen LogP contribution is -2.38. The first-order valence-corrected chi connectivity index (χ1v) is 6.37. The van der Waals surface area contributed by atoms with Crippen LogP contribution in [0.25, 0.3) is 0 Å². The van der Waals surface area contributed by atoms with Gasteiger partial charge in [0.05, 0.1) is 0 Å². The molecule has 0 aliphatic rings. The van der Waals surface area contributed by atoms with Gasteiger partial charge in [0.15, 0.2) is 0 Å². The van der Waals surface area contributed by atoms with Crippen LogP contribution >= 0.6 is 11.6 Å². The molecule has 1 aromatic rings. The van der Waals surface area contributed by atoms with E-state index < -0.39 is 0 Å². The van der Waals surface area contributed by atoms with Crippen molar-refractivity contribution in [1.29, 1.82) is 0 Å². The number of aromatic hydroxyl groups is 2. The summed E-state index contributed by atoms with van der Waals surface area (Å²) in [7, 11) is 0. The summed E-state index contributed by atoms with van der Waals surface area (Å²) >= 11 is 5.69. The minimum absolute atomic E-state index is 0.0282. The molecule has 3 N–H and O–H groups in total. The third-order valence-corrected chi connectivity index (χ3v) is 2.92. The minimum atomic E-state index is -0.329. The highest BCUT2D eigenvalue weighted by Crippen LogP contribution is 2.20. The Hall–Kier alpha value is -1.42. The van der Waals surface area contributed by atoms with Gasteiger partial charge in [0.25, 0.3) is 5.91 Å². The maximum absolute atomic E-state index is 12.0. The Kier molecular flexibility index (Phi) is 5.28. The Bertz CT molecular complexity index is 400. The number of hydrogen-bond donors (Lipinski definition) is 3. The number of phenols is 2. The summed E-state index contributed by atoms with van der Waals surface area (Å²) in [5, 5.41) is 21.5. The van der Waals surface area contributed by atoms with Crippen LogP contribution < -0.4 is 5.32 Å². The van der Waals surface area contributed by atoms with Crippen LogP contribution in [0.3, 0.4) is 0 Å². The molecule has 0 saturated heterocycles. The van der Waals surface area contributed by atoms with Crippen LogP contribution in [0.1, 0.15) is 30.6 Å². The molecule has 1 rings (SSSR count). The van der Waals surface area contributed by atoms with E-state index in [2.05, 4.69) is 5.32 Å². The smallest absolute Gasteiger partial charge is 0.251 e. The molecule has 0 radical (unpaired) electrons. The fraction of sp³-hybridized carbons (Fsp3) is 0.462. The van der Waals surface area contributed by atoms with Crippen LogP contribution in [0, 0.1) is 5.92 Å². The molecule has 1 unspecified atom stereocenters. The van der Waals surface area contributed by atoms with Crippen LogP contribution in [0.15, 0.2) is 18.2 Å². The molecular formula is C13H18ClNO3. The number of carbonyl (C=O) groups is 1. The van der Waals surface area contributed by atoms with Crippen molar-refractivity contribution in [3.63, 3.8) is 0 Å². The van der Waals surface area contributed by atoms with Crippen molar-refractivity contribution in [3.05, 3.63) is 23.8 Å². The zero-order chi connectivity index (χ0) is 13.7. The van der Waals surface area contributed by atoms with Crippen molar-refractivity contribution in [3.8, 4) is 11.5 Å². The van der Waals surface area contributed by atoms with Gasteiger partial charge in [-0.05, 0) is 24.5 Å². The molecule has 0 spiro atoms. The minimum Gasteiger partial charge on any atom is -0.508 e. The number of hydrogen-bond acceptors (Lipinski definition) is 3. The average molecular weight is 272 g/mol. The maximum Gasteiger partial charge on any atom is 0.251 e. The Morgan fingerprint density at radius 3 is 2.28 bits per heavy atom. The van der Waals surface area contributed by atoms with Crippen LogP contribution in [-0.4, -0.2) is 28.0 Å². The van der Waals surface area contributed by atoms with Gasteiger partial charge in [-0.2, -0.15) is 0 Å². The lowest BCUT2D eigenvalue weighted by Gasteiger charge is -2.21. The van der Waals surface area contributed by atoms with Gasteiger partial charge < -0.3 is 15.5 Å². The van der Waals surface area contributed by atoms with Crippen LogP contribution in [0.2, 0.25) is 0 Å². The van der Waals surface area contributed by atoms with Gasteiger partial charge in [0.1, 0.15) is 11.5 Å². The molecule has 1 atom stereocenters. The van der Waals surface area contributed by atoms with Crippen molar-refractivity contribution in [2.75, 3.05) is 5.88 Å². The quantitative estimate of drug-likeness (QED) is 0.721. The van der Waals surface area contributed by atoms with E-state index in [0.29, 0.717) is 12.3 Å². The largest absolute Gasteiger partial charge is 0.508 e. The Balaban J connectivity index is 2.80. The van der Waals surface area contributed by atoms with Crippen molar-refractivity contribution in [2.24, 2.45) is 5.92 Å². The van der Waals surface area contributed by atoms with E-state index in [1.807, 2.05) is 13.8 Å². The fourth-order valence-electron chi connectivity index (χ4n) is 1.67. The van der Waals surface area contributed by atoms with Crippen molar-refractivity contribution >= 4 is 17.5 Å². The van der Waals surface area contributed by atoms with E-state index in [-0.39, 0.29) is 34.9 Å². The first-order chi connectivity index (χ1) is 8.43. The molecule has 100 valence electrons. The summed E-state index contributed by atoms with van der Waals surface area (Å²) in [4.78, 5) is 12.0. The van der Waals surface area contributed by atoms with Crippen molar-refractivity contribution < 1.29 is 15.0 Å². The van der Waals surface area contributed by atoms with Crippen LogP contribution in [0.5, 0.6) is 11.5 Å². The van der Waals surface area contributed by atoms with Crippen LogP contribution in [-0.2, 0) is 0 Å². The maximum atomic E-state index is 12.0. The molecule has 18 heavy (non-hydrogen) atoms. The van der Waals surface area contributed by atoms with E-state index in [9.17, 15) is 15.0 Å². The molecule has 4 nitrogen and oxygen atoms in total. The standard InChI is InChI=1S/C13H18ClNO3/c1-8(2)12(3-4-14)15-13(18)9-5-10(16)7-11(17)6-9/h5-8,12,16-17H,3-4H2,1-2H3,(H,15,18). The first kappa shape index (κ1) is 14.6. The third-order valence-electron chi connectivity index (χ3n) is 2.71. The van der Waals surface area contributed by atoms with Crippen molar-refractivity contribution in [1.82, 2.24) is 5.32 Å². The molecule has 0 aromatic heterocycles. The van der Waals surface area contributed by atoms with Gasteiger partial charge in [-0.15, -0.1) is 11.6 Å². The number of amides is 1. The SMILES string of the molecule is CC(C)C(CCCl)NC(=O)c1cc(O)cc(O)c1. The molecule has 0 fully saturated rings. The zero-order valence-electron chi connectivity index (χ0n) is 10.5. The molecule has 0 heterocycles. The highest BCUT2D eigenvalue weighted by Gasteiger charge is 2.17. The van der Waals surface area contributed by atoms with Gasteiger partial charge in [-0.1, -0.05) is 13.8 Å². The summed E-state index contributed by atoms with van der Waals surface area (Å²) in [6.07, 6.45) is 0.676. The number of phenolic OH excluding ortho intramolecular Hbond substituents is 2. The van der Waals surface area contributed by atoms with E-state index in [1.54, 1.807) is 0 Å². The monoisotopic (exact) mass is 271 g/mol. The van der Waals surface area contributed by atoms with E-state index in [1.165, 1.54) is 18.2 Å². The normalized spacial score (nSPS) is 12.4. The number of benzene rings is 1. The average Bonchev–Trinajstić information content (AvgIpc) is 2.26. The van der Waals surface area contributed by atoms with Gasteiger partial charge in [0.2, 0.25) is 0 Å². The first-order valence-electron chi connectivity index (χ1n) is 5.84. The summed E-state index contributed by atoms with van der Waals surface area (Å²) in [5.41, 5.74) is 0.229. The second-order valence-electron chi connectivity index (χ2n) is 4.54. The molecule has 0 saturated carbocycles. The van der Waals surface area contributed by atoms with E-state index in [0.717, 1.165) is 0 Å². The van der Waals surface area contributed by atoms with Gasteiger partial charge >= 0.3 is 0 Å². The third kappa shape index (κ3) is 4.11. The molecule has 0 aliphatic heterocycles.